The second-order valence-electron chi connectivity index (χ2n) is 7.10. The molecule has 0 aromatic heterocycles. The highest BCUT2D eigenvalue weighted by Crippen LogP contribution is 2.37. The Morgan fingerprint density at radius 2 is 1.75 bits per heavy atom. The zero-order valence-corrected chi connectivity index (χ0v) is 19.0. The van der Waals surface area contributed by atoms with Crippen LogP contribution < -0.4 is 14.9 Å². The molecule has 0 unspecified atom stereocenters. The highest BCUT2D eigenvalue weighted by atomic mass is 35.5. The minimum absolute atomic E-state index is 0.0423. The number of hydrogen-bond acceptors (Lipinski definition) is 8. The second kappa shape index (κ2) is 10.9. The van der Waals surface area contributed by atoms with Crippen molar-refractivity contribution in [1.29, 1.82) is 0 Å². The summed E-state index contributed by atoms with van der Waals surface area (Å²) >= 11 is 6.30. The first-order chi connectivity index (χ1) is 17.0. The molecule has 1 N–H and O–H groups in total. The van der Waals surface area contributed by atoms with Gasteiger partial charge < -0.3 is 9.47 Å². The van der Waals surface area contributed by atoms with Gasteiger partial charge in [0.2, 0.25) is 0 Å². The lowest BCUT2D eigenvalue weighted by molar-refractivity contribution is -0.384. The number of methoxy groups -OCH3 is 1. The zero-order valence-electron chi connectivity index (χ0n) is 18.3. The summed E-state index contributed by atoms with van der Waals surface area (Å²) < 4.78 is 49.5. The molecule has 0 spiro atoms. The van der Waals surface area contributed by atoms with Crippen LogP contribution in [0, 0.1) is 20.2 Å². The standard InChI is InChI=1S/C22H16ClF3N4O6/c1-35-20-9-14(8-17(23)21(20)36-12-13-2-5-16(6-3-13)29(31)32)11-27-28-18-7-4-15(22(24,25)26)10-19(18)30(33)34/h2-11,28H,12H2,1H3/b27-11-. The van der Waals surface area contributed by atoms with Crippen molar-refractivity contribution in [2.75, 3.05) is 12.5 Å². The molecular formula is C22H16ClF3N4O6. The molecule has 0 heterocycles. The van der Waals surface area contributed by atoms with Crippen LogP contribution in [-0.4, -0.2) is 23.2 Å². The summed E-state index contributed by atoms with van der Waals surface area (Å²) in [6.45, 7) is 0.0423. The van der Waals surface area contributed by atoms with Gasteiger partial charge in [-0.1, -0.05) is 11.6 Å². The summed E-state index contributed by atoms with van der Waals surface area (Å²) in [5.41, 5.74) is 1.12. The second-order valence-corrected chi connectivity index (χ2v) is 7.51. The third kappa shape index (κ3) is 6.39. The first-order valence-electron chi connectivity index (χ1n) is 9.88. The maximum absolute atomic E-state index is 12.8. The number of nitrogens with one attached hydrogen (secondary N) is 1. The van der Waals surface area contributed by atoms with E-state index in [4.69, 9.17) is 21.1 Å². The van der Waals surface area contributed by atoms with E-state index in [-0.39, 0.29) is 34.5 Å². The number of anilines is 1. The van der Waals surface area contributed by atoms with Crippen LogP contribution in [0.5, 0.6) is 11.5 Å². The predicted octanol–water partition coefficient (Wildman–Crippen LogP) is 6.21. The van der Waals surface area contributed by atoms with E-state index >= 15 is 0 Å². The van der Waals surface area contributed by atoms with Crippen LogP contribution in [0.1, 0.15) is 16.7 Å². The lowest BCUT2D eigenvalue weighted by Gasteiger charge is -2.13. The number of nitrogens with zero attached hydrogens (tertiary/aromatic N) is 3. The number of hydrogen-bond donors (Lipinski definition) is 1. The van der Waals surface area contributed by atoms with Crippen LogP contribution in [0.2, 0.25) is 5.02 Å². The number of nitro benzene ring substituents is 2. The van der Waals surface area contributed by atoms with E-state index in [2.05, 4.69) is 10.5 Å². The van der Waals surface area contributed by atoms with Crippen LogP contribution in [0.25, 0.3) is 0 Å². The van der Waals surface area contributed by atoms with E-state index < -0.39 is 27.3 Å². The average molecular weight is 525 g/mol. The molecule has 0 aliphatic heterocycles. The minimum atomic E-state index is -4.73. The molecule has 0 amide bonds. The van der Waals surface area contributed by atoms with Crippen molar-refractivity contribution >= 4 is 34.9 Å². The normalized spacial score (nSPS) is 11.4. The number of benzene rings is 3. The van der Waals surface area contributed by atoms with Crippen LogP contribution >= 0.6 is 11.6 Å². The summed E-state index contributed by atoms with van der Waals surface area (Å²) in [7, 11) is 1.37. The molecule has 0 aliphatic rings. The van der Waals surface area contributed by atoms with Gasteiger partial charge in [-0.2, -0.15) is 18.3 Å². The van der Waals surface area contributed by atoms with Crippen LogP contribution in [0.4, 0.5) is 30.2 Å². The van der Waals surface area contributed by atoms with E-state index in [1.54, 1.807) is 0 Å². The van der Waals surface area contributed by atoms with Crippen molar-refractivity contribution < 1.29 is 32.5 Å². The summed E-state index contributed by atoms with van der Waals surface area (Å²) in [6, 6.07) is 10.7. The van der Waals surface area contributed by atoms with Gasteiger partial charge in [0.05, 0.1) is 33.8 Å². The molecule has 0 saturated heterocycles. The van der Waals surface area contributed by atoms with Crippen LogP contribution in [0.3, 0.4) is 0 Å². The van der Waals surface area contributed by atoms with Crippen LogP contribution in [0.15, 0.2) is 59.7 Å². The van der Waals surface area contributed by atoms with Crippen molar-refractivity contribution in [3.63, 3.8) is 0 Å². The summed E-state index contributed by atoms with van der Waals surface area (Å²) in [5, 5.41) is 25.9. The Morgan fingerprint density at radius 3 is 2.33 bits per heavy atom. The SMILES string of the molecule is COc1cc(/C=N\Nc2ccc(C(F)(F)F)cc2[N+](=O)[O-])cc(Cl)c1OCc1ccc([N+](=O)[O-])cc1. The molecule has 0 fully saturated rings. The predicted molar refractivity (Wildman–Crippen MR) is 125 cm³/mol. The number of hydrazone groups is 1. The van der Waals surface area contributed by atoms with E-state index in [9.17, 15) is 33.4 Å². The average Bonchev–Trinajstić information content (AvgIpc) is 2.82. The van der Waals surface area contributed by atoms with E-state index in [0.717, 1.165) is 6.07 Å². The van der Waals surface area contributed by atoms with Gasteiger partial charge in [0.25, 0.3) is 11.4 Å². The zero-order chi connectivity index (χ0) is 26.5. The molecule has 0 radical (unpaired) electrons. The van der Waals surface area contributed by atoms with Crippen molar-refractivity contribution in [2.24, 2.45) is 5.10 Å². The molecule has 3 aromatic rings. The molecular weight excluding hydrogens is 509 g/mol. The highest BCUT2D eigenvalue weighted by molar-refractivity contribution is 6.32. The summed E-state index contributed by atoms with van der Waals surface area (Å²) in [4.78, 5) is 20.5. The van der Waals surface area contributed by atoms with Gasteiger partial charge in [0.15, 0.2) is 11.5 Å². The van der Waals surface area contributed by atoms with Gasteiger partial charge in [-0.25, -0.2) is 0 Å². The summed E-state index contributed by atoms with van der Waals surface area (Å²) in [5.74, 6) is 0.423. The van der Waals surface area contributed by atoms with Crippen molar-refractivity contribution in [3.05, 3.63) is 96.5 Å². The van der Waals surface area contributed by atoms with Gasteiger partial charge >= 0.3 is 6.18 Å². The first-order valence-corrected chi connectivity index (χ1v) is 10.3. The van der Waals surface area contributed by atoms with Crippen LogP contribution in [-0.2, 0) is 12.8 Å². The molecule has 0 saturated carbocycles. The fourth-order valence-electron chi connectivity index (χ4n) is 2.95. The fourth-order valence-corrected chi connectivity index (χ4v) is 3.23. The minimum Gasteiger partial charge on any atom is -0.493 e. The highest BCUT2D eigenvalue weighted by Gasteiger charge is 2.33. The Hall–Kier alpha value is -4.39. The van der Waals surface area contributed by atoms with Crippen molar-refractivity contribution in [2.45, 2.75) is 12.8 Å². The van der Waals surface area contributed by atoms with Gasteiger partial charge in [-0.3, -0.25) is 25.7 Å². The van der Waals surface area contributed by atoms with E-state index in [1.165, 1.54) is 49.7 Å². The third-order valence-electron chi connectivity index (χ3n) is 4.70. The topological polar surface area (TPSA) is 129 Å². The number of nitro groups is 2. The fraction of sp³-hybridized carbons (Fsp3) is 0.136. The maximum Gasteiger partial charge on any atom is 0.416 e. The number of alkyl halides is 3. The Balaban J connectivity index is 1.75. The number of halogens is 4. The lowest BCUT2D eigenvalue weighted by atomic mass is 10.1. The monoisotopic (exact) mass is 524 g/mol. The number of non-ortho nitro benzene ring substituents is 1. The molecule has 0 atom stereocenters. The quantitative estimate of drug-likeness (QED) is 0.200. The van der Waals surface area contributed by atoms with Gasteiger partial charge in [-0.15, -0.1) is 0 Å². The maximum atomic E-state index is 12.8. The largest absolute Gasteiger partial charge is 0.493 e. The third-order valence-corrected chi connectivity index (χ3v) is 4.98. The first kappa shape index (κ1) is 26.2. The molecule has 0 bridgehead atoms. The molecule has 36 heavy (non-hydrogen) atoms. The van der Waals surface area contributed by atoms with Gasteiger partial charge in [0.1, 0.15) is 12.3 Å². The van der Waals surface area contributed by atoms with Gasteiger partial charge in [0, 0.05) is 18.2 Å². The Morgan fingerprint density at radius 1 is 1.06 bits per heavy atom. The Kier molecular flexibility index (Phi) is 7.94. The Labute approximate surface area is 206 Å². The molecule has 3 aromatic carbocycles. The number of rotatable bonds is 9. The summed E-state index contributed by atoms with van der Waals surface area (Å²) in [6.07, 6.45) is -3.50. The van der Waals surface area contributed by atoms with Crippen molar-refractivity contribution in [3.8, 4) is 11.5 Å². The molecule has 3 rings (SSSR count). The molecule has 14 heteroatoms. The van der Waals surface area contributed by atoms with Gasteiger partial charge in [-0.05, 0) is 47.5 Å². The lowest BCUT2D eigenvalue weighted by Crippen LogP contribution is -2.06. The number of ether oxygens (including phenoxy) is 2. The smallest absolute Gasteiger partial charge is 0.416 e. The van der Waals surface area contributed by atoms with Crippen molar-refractivity contribution in [1.82, 2.24) is 0 Å². The molecule has 0 aliphatic carbocycles. The van der Waals surface area contributed by atoms with E-state index in [0.29, 0.717) is 23.3 Å². The molecule has 188 valence electrons. The molecule has 10 nitrogen and oxygen atoms in total. The Bertz CT molecular complexity index is 1320. The van der Waals surface area contributed by atoms with E-state index in [1.807, 2.05) is 0 Å².